The second kappa shape index (κ2) is 8.99. The van der Waals surface area contributed by atoms with Crippen molar-refractivity contribution in [3.63, 3.8) is 0 Å². The average molecular weight is 345 g/mol. The van der Waals surface area contributed by atoms with Crippen LogP contribution >= 0.6 is 0 Å². The van der Waals surface area contributed by atoms with Crippen molar-refractivity contribution < 1.29 is 9.59 Å². The van der Waals surface area contributed by atoms with Gasteiger partial charge >= 0.3 is 0 Å². The first-order valence-electron chi connectivity index (χ1n) is 9.24. The monoisotopic (exact) mass is 345 g/mol. The van der Waals surface area contributed by atoms with Gasteiger partial charge in [-0.05, 0) is 43.7 Å². The molecular weight excluding hydrogens is 314 g/mol. The number of hydrogen-bond donors (Lipinski definition) is 2. The molecule has 0 spiro atoms. The molecule has 1 saturated carbocycles. The van der Waals surface area contributed by atoms with E-state index < -0.39 is 0 Å². The molecule has 5 heteroatoms. The number of hydrogen-bond acceptors (Lipinski definition) is 3. The molecule has 2 N–H and O–H groups in total. The third kappa shape index (κ3) is 6.86. The summed E-state index contributed by atoms with van der Waals surface area (Å²) in [4.78, 5) is 26.0. The van der Waals surface area contributed by atoms with Crippen molar-refractivity contribution in [2.45, 2.75) is 65.1 Å². The number of amides is 2. The molecule has 2 rings (SSSR count). The highest BCUT2D eigenvalue weighted by molar-refractivity contribution is 5.85. The zero-order valence-electron chi connectivity index (χ0n) is 15.8. The fourth-order valence-corrected chi connectivity index (χ4v) is 2.79. The summed E-state index contributed by atoms with van der Waals surface area (Å²) in [6, 6.07) is 9.21. The predicted octanol–water partition coefficient (Wildman–Crippen LogP) is 2.42. The molecule has 1 aliphatic carbocycles. The maximum Gasteiger partial charge on any atom is 0.239 e. The van der Waals surface area contributed by atoms with Gasteiger partial charge in [-0.2, -0.15) is 0 Å². The molecule has 1 aliphatic rings. The van der Waals surface area contributed by atoms with Crippen LogP contribution in [0.2, 0.25) is 0 Å². The number of carbonyl (C=O) groups is 2. The Hall–Kier alpha value is -1.88. The Balaban J connectivity index is 1.84. The molecule has 1 aromatic carbocycles. The van der Waals surface area contributed by atoms with Crippen molar-refractivity contribution in [1.82, 2.24) is 15.5 Å². The summed E-state index contributed by atoms with van der Waals surface area (Å²) < 4.78 is 0. The Morgan fingerprint density at radius 2 is 1.72 bits per heavy atom. The SMILES string of the molecule is CC(C)NC(=O)CNC(=O)CN(Cc1ccc(C(C)C)cc1)C1CC1. The van der Waals surface area contributed by atoms with E-state index in [1.165, 1.54) is 11.1 Å². The van der Waals surface area contributed by atoms with Crippen LogP contribution in [0.3, 0.4) is 0 Å². The van der Waals surface area contributed by atoms with Crippen molar-refractivity contribution in [2.75, 3.05) is 13.1 Å². The van der Waals surface area contributed by atoms with E-state index in [-0.39, 0.29) is 24.4 Å². The van der Waals surface area contributed by atoms with E-state index in [1.54, 1.807) is 0 Å². The summed E-state index contributed by atoms with van der Waals surface area (Å²) >= 11 is 0. The van der Waals surface area contributed by atoms with E-state index in [4.69, 9.17) is 0 Å². The third-order valence-corrected chi connectivity index (χ3v) is 4.34. The molecule has 0 unspecified atom stereocenters. The lowest BCUT2D eigenvalue weighted by Crippen LogP contribution is -2.43. The minimum atomic E-state index is -0.148. The van der Waals surface area contributed by atoms with E-state index in [0.717, 1.165) is 19.4 Å². The van der Waals surface area contributed by atoms with Crippen LogP contribution in [0.5, 0.6) is 0 Å². The lowest BCUT2D eigenvalue weighted by atomic mass is 10.0. The fraction of sp³-hybridized carbons (Fsp3) is 0.600. The highest BCUT2D eigenvalue weighted by atomic mass is 16.2. The fourth-order valence-electron chi connectivity index (χ4n) is 2.79. The smallest absolute Gasteiger partial charge is 0.239 e. The van der Waals surface area contributed by atoms with Crippen LogP contribution < -0.4 is 10.6 Å². The zero-order valence-corrected chi connectivity index (χ0v) is 15.8. The quantitative estimate of drug-likeness (QED) is 0.722. The van der Waals surface area contributed by atoms with Gasteiger partial charge < -0.3 is 10.6 Å². The number of rotatable bonds is 9. The van der Waals surface area contributed by atoms with Crippen LogP contribution in [0.15, 0.2) is 24.3 Å². The van der Waals surface area contributed by atoms with Gasteiger partial charge in [0, 0.05) is 18.6 Å². The number of carbonyl (C=O) groups excluding carboxylic acids is 2. The van der Waals surface area contributed by atoms with E-state index in [2.05, 4.69) is 53.6 Å². The molecule has 0 bridgehead atoms. The maximum atomic E-state index is 12.2. The van der Waals surface area contributed by atoms with Crippen LogP contribution in [0.25, 0.3) is 0 Å². The summed E-state index contributed by atoms with van der Waals surface area (Å²) in [7, 11) is 0. The highest BCUT2D eigenvalue weighted by Gasteiger charge is 2.30. The van der Waals surface area contributed by atoms with Crippen molar-refractivity contribution in [3.8, 4) is 0 Å². The summed E-state index contributed by atoms with van der Waals surface area (Å²) in [5.74, 6) is 0.284. The Morgan fingerprint density at radius 3 is 2.24 bits per heavy atom. The van der Waals surface area contributed by atoms with Crippen LogP contribution in [-0.2, 0) is 16.1 Å². The maximum absolute atomic E-state index is 12.2. The van der Waals surface area contributed by atoms with E-state index in [1.807, 2.05) is 13.8 Å². The molecule has 0 aromatic heterocycles. The molecule has 0 heterocycles. The highest BCUT2D eigenvalue weighted by Crippen LogP contribution is 2.28. The molecule has 1 aromatic rings. The summed E-state index contributed by atoms with van der Waals surface area (Å²) in [6.45, 7) is 9.33. The number of nitrogens with one attached hydrogen (secondary N) is 2. The molecule has 1 fully saturated rings. The minimum absolute atomic E-state index is 0.0403. The van der Waals surface area contributed by atoms with Crippen molar-refractivity contribution >= 4 is 11.8 Å². The zero-order chi connectivity index (χ0) is 18.4. The largest absolute Gasteiger partial charge is 0.352 e. The first-order valence-corrected chi connectivity index (χ1v) is 9.24. The molecule has 138 valence electrons. The van der Waals surface area contributed by atoms with Gasteiger partial charge in [0.05, 0.1) is 13.1 Å². The van der Waals surface area contributed by atoms with Gasteiger partial charge in [0.15, 0.2) is 0 Å². The van der Waals surface area contributed by atoms with Crippen LogP contribution in [-0.4, -0.2) is 41.9 Å². The van der Waals surface area contributed by atoms with Gasteiger partial charge in [-0.25, -0.2) is 0 Å². The van der Waals surface area contributed by atoms with E-state index >= 15 is 0 Å². The summed E-state index contributed by atoms with van der Waals surface area (Å²) in [5.41, 5.74) is 2.55. The van der Waals surface area contributed by atoms with Gasteiger partial charge in [0.1, 0.15) is 0 Å². The van der Waals surface area contributed by atoms with E-state index in [9.17, 15) is 9.59 Å². The van der Waals surface area contributed by atoms with E-state index in [0.29, 0.717) is 18.5 Å². The van der Waals surface area contributed by atoms with Crippen molar-refractivity contribution in [2.24, 2.45) is 0 Å². The normalized spacial score (nSPS) is 14.2. The third-order valence-electron chi connectivity index (χ3n) is 4.34. The van der Waals surface area contributed by atoms with Crippen LogP contribution in [0.1, 0.15) is 57.6 Å². The van der Waals surface area contributed by atoms with Crippen molar-refractivity contribution in [1.29, 1.82) is 0 Å². The Labute approximate surface area is 151 Å². The van der Waals surface area contributed by atoms with Crippen LogP contribution in [0, 0.1) is 0 Å². The lowest BCUT2D eigenvalue weighted by Gasteiger charge is -2.22. The molecule has 0 saturated heterocycles. The minimum Gasteiger partial charge on any atom is -0.352 e. The Kier molecular flexibility index (Phi) is 7.00. The molecule has 0 radical (unpaired) electrons. The average Bonchev–Trinajstić information content (AvgIpc) is 3.37. The molecule has 2 amide bonds. The Morgan fingerprint density at radius 1 is 1.08 bits per heavy atom. The molecule has 5 nitrogen and oxygen atoms in total. The topological polar surface area (TPSA) is 61.4 Å². The number of nitrogens with zero attached hydrogens (tertiary/aromatic N) is 1. The molecular formula is C20H31N3O2. The second-order valence-corrected chi connectivity index (χ2v) is 7.53. The van der Waals surface area contributed by atoms with Gasteiger partial charge in [-0.15, -0.1) is 0 Å². The predicted molar refractivity (Wildman–Crippen MR) is 100 cm³/mol. The van der Waals surface area contributed by atoms with Gasteiger partial charge in [-0.3, -0.25) is 14.5 Å². The first-order chi connectivity index (χ1) is 11.8. The van der Waals surface area contributed by atoms with Gasteiger partial charge in [0.2, 0.25) is 11.8 Å². The summed E-state index contributed by atoms with van der Waals surface area (Å²) in [5, 5.41) is 5.49. The molecule has 25 heavy (non-hydrogen) atoms. The standard InChI is InChI=1S/C20H31N3O2/c1-14(2)17-7-5-16(6-8-17)12-23(18-9-10-18)13-20(25)21-11-19(24)22-15(3)4/h5-8,14-15,18H,9-13H2,1-4H3,(H,21,25)(H,22,24). The van der Waals surface area contributed by atoms with Gasteiger partial charge in [-0.1, -0.05) is 38.1 Å². The second-order valence-electron chi connectivity index (χ2n) is 7.53. The first kappa shape index (κ1) is 19.4. The van der Waals surface area contributed by atoms with Crippen LogP contribution in [0.4, 0.5) is 0 Å². The summed E-state index contributed by atoms with van der Waals surface area (Å²) in [6.07, 6.45) is 2.29. The number of benzene rings is 1. The van der Waals surface area contributed by atoms with Crippen molar-refractivity contribution in [3.05, 3.63) is 35.4 Å². The Bertz CT molecular complexity index is 577. The molecule has 0 atom stereocenters. The molecule has 0 aliphatic heterocycles. The lowest BCUT2D eigenvalue weighted by molar-refractivity contribution is -0.127. The van der Waals surface area contributed by atoms with Gasteiger partial charge in [0.25, 0.3) is 0 Å².